The molecule has 0 fully saturated rings. The van der Waals surface area contributed by atoms with Crippen molar-refractivity contribution in [2.24, 2.45) is 17.8 Å². The van der Waals surface area contributed by atoms with E-state index in [4.69, 9.17) is 4.74 Å². The van der Waals surface area contributed by atoms with E-state index < -0.39 is 0 Å². The van der Waals surface area contributed by atoms with Gasteiger partial charge in [-0.3, -0.25) is 4.90 Å². The van der Waals surface area contributed by atoms with Crippen molar-refractivity contribution in [2.75, 3.05) is 6.61 Å². The number of nitrogens with zero attached hydrogens (tertiary/aromatic N) is 1. The van der Waals surface area contributed by atoms with Gasteiger partial charge in [0.05, 0.1) is 6.61 Å². The summed E-state index contributed by atoms with van der Waals surface area (Å²) in [6.07, 6.45) is 5.90. The average Bonchev–Trinajstić information content (AvgIpc) is 3.07. The summed E-state index contributed by atoms with van der Waals surface area (Å²) < 4.78 is 20.0. The first kappa shape index (κ1) is 20.9. The van der Waals surface area contributed by atoms with Crippen LogP contribution in [0.15, 0.2) is 41.9 Å². The fraction of sp³-hybridized carbons (Fsp3) is 0.583. The molecule has 0 aromatic heterocycles. The van der Waals surface area contributed by atoms with Gasteiger partial charge in [-0.1, -0.05) is 39.0 Å². The summed E-state index contributed by atoms with van der Waals surface area (Å²) in [7, 11) is 0. The summed E-state index contributed by atoms with van der Waals surface area (Å²) >= 11 is 0. The number of hydrogen-bond acceptors (Lipinski definition) is 3. The normalized spacial score (nSPS) is 22.8. The lowest BCUT2D eigenvalue weighted by Gasteiger charge is -2.37. The summed E-state index contributed by atoms with van der Waals surface area (Å²) in [6, 6.07) is 5.39. The molecule has 0 radical (unpaired) electrons. The van der Waals surface area contributed by atoms with Crippen molar-refractivity contribution in [3.05, 3.63) is 58.8 Å². The highest BCUT2D eigenvalue weighted by Gasteiger charge is 2.35. The van der Waals surface area contributed by atoms with E-state index in [1.165, 1.54) is 0 Å². The Morgan fingerprint density at radius 3 is 2.71 bits per heavy atom. The van der Waals surface area contributed by atoms with E-state index in [-0.39, 0.29) is 23.0 Å². The summed E-state index contributed by atoms with van der Waals surface area (Å²) in [6.45, 7) is 12.9. The van der Waals surface area contributed by atoms with Crippen molar-refractivity contribution in [1.82, 2.24) is 4.90 Å². The molecule has 1 aromatic carbocycles. The first-order valence-electron chi connectivity index (χ1n) is 10.4. The summed E-state index contributed by atoms with van der Waals surface area (Å²) in [5.41, 5.74) is 1.93. The Bertz CT molecular complexity index is 766. The van der Waals surface area contributed by atoms with E-state index in [2.05, 4.69) is 45.6 Å². The fourth-order valence-electron chi connectivity index (χ4n) is 4.19. The Morgan fingerprint density at radius 2 is 2.04 bits per heavy atom. The van der Waals surface area contributed by atoms with Crippen LogP contribution in [-0.4, -0.2) is 22.2 Å². The molecule has 1 aromatic rings. The number of benzene rings is 1. The molecule has 3 nitrogen and oxygen atoms in total. The van der Waals surface area contributed by atoms with Crippen LogP contribution in [0.4, 0.5) is 4.39 Å². The predicted molar refractivity (Wildman–Crippen MR) is 111 cm³/mol. The molecule has 154 valence electrons. The zero-order valence-electron chi connectivity index (χ0n) is 17.8. The average molecular weight is 388 g/mol. The van der Waals surface area contributed by atoms with Gasteiger partial charge in [-0.15, -0.1) is 0 Å². The molecule has 1 heterocycles. The van der Waals surface area contributed by atoms with Gasteiger partial charge in [0.15, 0.2) is 5.76 Å². The molecule has 0 amide bonds. The number of allylic oxidation sites excluding steroid dienone is 3. The highest BCUT2D eigenvalue weighted by Crippen LogP contribution is 2.37. The van der Waals surface area contributed by atoms with Gasteiger partial charge in [0.25, 0.3) is 0 Å². The number of halogens is 1. The van der Waals surface area contributed by atoms with Gasteiger partial charge < -0.3 is 9.84 Å². The Balaban J connectivity index is 1.61. The van der Waals surface area contributed by atoms with Crippen molar-refractivity contribution in [3.8, 4) is 0 Å². The van der Waals surface area contributed by atoms with E-state index in [0.717, 1.165) is 36.3 Å². The van der Waals surface area contributed by atoms with E-state index in [1.54, 1.807) is 18.2 Å². The third kappa shape index (κ3) is 4.43. The Morgan fingerprint density at radius 1 is 1.29 bits per heavy atom. The fourth-order valence-corrected chi connectivity index (χ4v) is 4.19. The monoisotopic (exact) mass is 387 g/mol. The van der Waals surface area contributed by atoms with Crippen molar-refractivity contribution in [2.45, 2.75) is 66.1 Å². The number of fused-ring (bicyclic) bond motifs is 1. The molecule has 1 aliphatic heterocycles. The maximum Gasteiger partial charge on any atom is 0.153 e. The summed E-state index contributed by atoms with van der Waals surface area (Å²) in [4.78, 5) is 2.38. The second-order valence-corrected chi connectivity index (χ2v) is 9.35. The third-order valence-electron chi connectivity index (χ3n) is 6.25. The van der Waals surface area contributed by atoms with Crippen LogP contribution in [0.5, 0.6) is 0 Å². The van der Waals surface area contributed by atoms with E-state index >= 15 is 0 Å². The minimum absolute atomic E-state index is 0.0266. The zero-order chi connectivity index (χ0) is 20.5. The minimum atomic E-state index is -0.0906. The largest absolute Gasteiger partial charge is 0.504 e. The second kappa shape index (κ2) is 8.28. The molecule has 2 aliphatic rings. The molecular weight excluding hydrogens is 353 g/mol. The van der Waals surface area contributed by atoms with Gasteiger partial charge in [-0.05, 0) is 56.2 Å². The lowest BCUT2D eigenvalue weighted by molar-refractivity contribution is 0.0923. The van der Waals surface area contributed by atoms with Gasteiger partial charge in [-0.2, -0.15) is 0 Å². The number of rotatable bonds is 7. The van der Waals surface area contributed by atoms with Crippen molar-refractivity contribution in [3.63, 3.8) is 0 Å². The maximum atomic E-state index is 14.1. The number of aliphatic hydroxyl groups excluding tert-OH is 1. The minimum Gasteiger partial charge on any atom is -0.504 e. The van der Waals surface area contributed by atoms with E-state index in [1.807, 2.05) is 6.07 Å². The van der Waals surface area contributed by atoms with Crippen molar-refractivity contribution in [1.29, 1.82) is 0 Å². The van der Waals surface area contributed by atoms with Crippen LogP contribution < -0.4 is 0 Å². The molecule has 0 saturated heterocycles. The van der Waals surface area contributed by atoms with Crippen LogP contribution in [0, 0.1) is 23.6 Å². The highest BCUT2D eigenvalue weighted by molar-refractivity contribution is 5.32. The molecule has 4 heteroatoms. The summed E-state index contributed by atoms with van der Waals surface area (Å²) in [5, 5.41) is 10.2. The number of hydrogen-bond donors (Lipinski definition) is 1. The molecule has 3 rings (SSSR count). The third-order valence-corrected chi connectivity index (χ3v) is 6.25. The molecule has 2 atom stereocenters. The van der Waals surface area contributed by atoms with Crippen LogP contribution in [0.3, 0.4) is 0 Å². The molecule has 1 aliphatic carbocycles. The SMILES string of the molecule is CC(C)COC1=C(O)C=CC(CCC(C)(C)N2Cc3cccc(F)c3C2)C1C. The van der Waals surface area contributed by atoms with Gasteiger partial charge >= 0.3 is 0 Å². The smallest absolute Gasteiger partial charge is 0.153 e. The first-order chi connectivity index (χ1) is 13.2. The van der Waals surface area contributed by atoms with Crippen LogP contribution in [0.1, 0.15) is 58.6 Å². The molecule has 28 heavy (non-hydrogen) atoms. The lowest BCUT2D eigenvalue weighted by atomic mass is 9.81. The Labute approximate surface area is 168 Å². The van der Waals surface area contributed by atoms with Gasteiger partial charge in [0.2, 0.25) is 0 Å². The molecule has 0 saturated carbocycles. The van der Waals surface area contributed by atoms with Crippen LogP contribution >= 0.6 is 0 Å². The topological polar surface area (TPSA) is 32.7 Å². The van der Waals surface area contributed by atoms with Crippen molar-refractivity contribution < 1.29 is 14.2 Å². The molecule has 1 N–H and O–H groups in total. The van der Waals surface area contributed by atoms with E-state index in [0.29, 0.717) is 25.0 Å². The predicted octanol–water partition coefficient (Wildman–Crippen LogP) is 5.96. The van der Waals surface area contributed by atoms with Crippen LogP contribution in [-0.2, 0) is 17.8 Å². The van der Waals surface area contributed by atoms with Gasteiger partial charge in [0.1, 0.15) is 11.6 Å². The van der Waals surface area contributed by atoms with Gasteiger partial charge in [0, 0.05) is 30.1 Å². The standard InChI is InChI=1S/C24H34FNO2/c1-16(2)15-28-23-17(3)18(9-10-22(23)27)11-12-24(4,5)26-13-19-7-6-8-21(25)20(19)14-26/h6-10,16-18,27H,11-15H2,1-5H3. The Hall–Kier alpha value is -1.81. The highest BCUT2D eigenvalue weighted by atomic mass is 19.1. The van der Waals surface area contributed by atoms with Crippen LogP contribution in [0.2, 0.25) is 0 Å². The van der Waals surface area contributed by atoms with Crippen LogP contribution in [0.25, 0.3) is 0 Å². The van der Waals surface area contributed by atoms with E-state index in [9.17, 15) is 9.50 Å². The molecule has 0 spiro atoms. The number of ether oxygens (including phenoxy) is 1. The first-order valence-corrected chi connectivity index (χ1v) is 10.4. The number of aliphatic hydroxyl groups is 1. The quantitative estimate of drug-likeness (QED) is 0.626. The molecular formula is C24H34FNO2. The lowest BCUT2D eigenvalue weighted by Crippen LogP contribution is -2.40. The van der Waals surface area contributed by atoms with Gasteiger partial charge in [-0.25, -0.2) is 4.39 Å². The zero-order valence-corrected chi connectivity index (χ0v) is 17.8. The Kier molecular flexibility index (Phi) is 6.18. The maximum absolute atomic E-state index is 14.1. The molecule has 0 bridgehead atoms. The summed E-state index contributed by atoms with van der Waals surface area (Å²) in [5.74, 6) is 1.80. The molecule has 2 unspecified atom stereocenters. The van der Waals surface area contributed by atoms with Crippen molar-refractivity contribution >= 4 is 0 Å². The second-order valence-electron chi connectivity index (χ2n) is 9.35.